The molecule has 2 rings (SSSR count). The fourth-order valence-electron chi connectivity index (χ4n) is 2.32. The number of benzene rings is 1. The van der Waals surface area contributed by atoms with Crippen molar-refractivity contribution in [1.82, 2.24) is 5.32 Å². The van der Waals surface area contributed by atoms with E-state index in [1.165, 1.54) is 11.1 Å². The number of hydrogen-bond acceptors (Lipinski definition) is 1. The van der Waals surface area contributed by atoms with Crippen LogP contribution in [0.2, 0.25) is 0 Å². The first-order valence-electron chi connectivity index (χ1n) is 6.10. The molecule has 1 fully saturated rings. The first-order chi connectivity index (χ1) is 7.66. The average Bonchev–Trinajstić information content (AvgIpc) is 2.77. The molecule has 0 radical (unpaired) electrons. The predicted molar refractivity (Wildman–Crippen MR) is 65.5 cm³/mol. The summed E-state index contributed by atoms with van der Waals surface area (Å²) in [5.41, 5.74) is 3.64. The van der Waals surface area contributed by atoms with Crippen molar-refractivity contribution in [1.29, 1.82) is 0 Å². The Bertz CT molecular complexity index is 356. The molecule has 0 saturated carbocycles. The van der Waals surface area contributed by atoms with E-state index in [2.05, 4.69) is 31.3 Å². The Labute approximate surface area is 97.1 Å². The third-order valence-corrected chi connectivity index (χ3v) is 3.54. The standard InChI is InChI=1S/C14H20FN/c1-10-5-6-12(8-11(10)2)9-13(15)14-4-3-7-16-14/h5-6,8,13-14,16H,3-4,7,9H2,1-2H3. The Kier molecular flexibility index (Phi) is 3.59. The van der Waals surface area contributed by atoms with Gasteiger partial charge in [0.25, 0.3) is 0 Å². The summed E-state index contributed by atoms with van der Waals surface area (Å²) in [7, 11) is 0. The molecule has 88 valence electrons. The predicted octanol–water partition coefficient (Wildman–Crippen LogP) is 2.94. The molecular formula is C14H20FN. The fraction of sp³-hybridized carbons (Fsp3) is 0.571. The molecule has 1 nitrogen and oxygen atoms in total. The molecule has 1 N–H and O–H groups in total. The minimum absolute atomic E-state index is 0.0709. The number of alkyl halides is 1. The molecule has 0 aliphatic carbocycles. The summed E-state index contributed by atoms with van der Waals surface area (Å²) in [4.78, 5) is 0. The lowest BCUT2D eigenvalue weighted by Gasteiger charge is -2.16. The molecule has 1 aromatic rings. The summed E-state index contributed by atoms with van der Waals surface area (Å²) >= 11 is 0. The molecule has 2 heteroatoms. The van der Waals surface area contributed by atoms with E-state index in [0.29, 0.717) is 6.42 Å². The quantitative estimate of drug-likeness (QED) is 0.827. The number of nitrogens with one attached hydrogen (secondary N) is 1. The van der Waals surface area contributed by atoms with Gasteiger partial charge in [-0.2, -0.15) is 0 Å². The summed E-state index contributed by atoms with van der Waals surface area (Å²) in [6.07, 6.45) is 1.88. The SMILES string of the molecule is Cc1ccc(CC(F)C2CCCN2)cc1C. The van der Waals surface area contributed by atoms with Crippen molar-refractivity contribution in [3.8, 4) is 0 Å². The van der Waals surface area contributed by atoms with Crippen LogP contribution in [0.5, 0.6) is 0 Å². The maximum Gasteiger partial charge on any atom is 0.119 e. The van der Waals surface area contributed by atoms with Gasteiger partial charge in [-0.3, -0.25) is 0 Å². The normalized spacial score (nSPS) is 22.3. The molecule has 0 aromatic heterocycles. The van der Waals surface area contributed by atoms with Gasteiger partial charge in [-0.15, -0.1) is 0 Å². The van der Waals surface area contributed by atoms with Gasteiger partial charge in [0.15, 0.2) is 0 Å². The van der Waals surface area contributed by atoms with Gasteiger partial charge in [0.05, 0.1) is 0 Å². The molecule has 0 spiro atoms. The molecule has 1 aliphatic heterocycles. The van der Waals surface area contributed by atoms with E-state index in [4.69, 9.17) is 0 Å². The lowest BCUT2D eigenvalue weighted by Crippen LogP contribution is -2.33. The van der Waals surface area contributed by atoms with E-state index in [0.717, 1.165) is 24.9 Å². The highest BCUT2D eigenvalue weighted by Crippen LogP contribution is 2.18. The largest absolute Gasteiger partial charge is 0.311 e. The zero-order valence-corrected chi connectivity index (χ0v) is 10.1. The van der Waals surface area contributed by atoms with Crippen LogP contribution in [0.3, 0.4) is 0 Å². The van der Waals surface area contributed by atoms with Crippen molar-refractivity contribution < 1.29 is 4.39 Å². The smallest absolute Gasteiger partial charge is 0.119 e. The van der Waals surface area contributed by atoms with Gasteiger partial charge in [-0.05, 0) is 49.9 Å². The fourth-order valence-corrected chi connectivity index (χ4v) is 2.32. The molecule has 1 aromatic carbocycles. The Morgan fingerprint density at radius 1 is 1.38 bits per heavy atom. The van der Waals surface area contributed by atoms with E-state index in [1.807, 2.05) is 6.07 Å². The summed E-state index contributed by atoms with van der Waals surface area (Å²) < 4.78 is 14.0. The summed E-state index contributed by atoms with van der Waals surface area (Å²) in [6, 6.07) is 6.31. The molecule has 0 amide bonds. The average molecular weight is 221 g/mol. The maximum absolute atomic E-state index is 14.0. The molecule has 1 aliphatic rings. The van der Waals surface area contributed by atoms with Gasteiger partial charge in [-0.1, -0.05) is 18.2 Å². The molecule has 16 heavy (non-hydrogen) atoms. The van der Waals surface area contributed by atoms with Crippen LogP contribution in [0.25, 0.3) is 0 Å². The highest BCUT2D eigenvalue weighted by atomic mass is 19.1. The Balaban J connectivity index is 1.99. The van der Waals surface area contributed by atoms with E-state index in [1.54, 1.807) is 0 Å². The summed E-state index contributed by atoms with van der Waals surface area (Å²) in [5, 5.41) is 3.23. The van der Waals surface area contributed by atoms with Gasteiger partial charge in [0.2, 0.25) is 0 Å². The van der Waals surface area contributed by atoms with E-state index < -0.39 is 6.17 Å². The molecule has 2 unspecified atom stereocenters. The number of rotatable bonds is 3. The van der Waals surface area contributed by atoms with Crippen molar-refractivity contribution in [3.63, 3.8) is 0 Å². The van der Waals surface area contributed by atoms with Crippen LogP contribution >= 0.6 is 0 Å². The Hall–Kier alpha value is -0.890. The van der Waals surface area contributed by atoms with Crippen molar-refractivity contribution >= 4 is 0 Å². The summed E-state index contributed by atoms with van der Waals surface area (Å²) in [5.74, 6) is 0. The van der Waals surface area contributed by atoms with E-state index in [9.17, 15) is 4.39 Å². The van der Waals surface area contributed by atoms with Crippen LogP contribution in [0.1, 0.15) is 29.5 Å². The van der Waals surface area contributed by atoms with Crippen LogP contribution in [-0.2, 0) is 6.42 Å². The summed E-state index contributed by atoms with van der Waals surface area (Å²) in [6.45, 7) is 5.14. The third-order valence-electron chi connectivity index (χ3n) is 3.54. The molecule has 0 bridgehead atoms. The van der Waals surface area contributed by atoms with Gasteiger partial charge >= 0.3 is 0 Å². The minimum Gasteiger partial charge on any atom is -0.311 e. The zero-order chi connectivity index (χ0) is 11.5. The topological polar surface area (TPSA) is 12.0 Å². The van der Waals surface area contributed by atoms with Gasteiger partial charge in [0.1, 0.15) is 6.17 Å². The number of aryl methyl sites for hydroxylation is 2. The molecule has 2 atom stereocenters. The lowest BCUT2D eigenvalue weighted by atomic mass is 9.99. The van der Waals surface area contributed by atoms with Crippen LogP contribution in [0, 0.1) is 13.8 Å². The third kappa shape index (κ3) is 2.62. The van der Waals surface area contributed by atoms with Crippen molar-refractivity contribution in [2.75, 3.05) is 6.54 Å². The van der Waals surface area contributed by atoms with Crippen LogP contribution < -0.4 is 5.32 Å². The zero-order valence-electron chi connectivity index (χ0n) is 10.1. The van der Waals surface area contributed by atoms with Gasteiger partial charge in [-0.25, -0.2) is 4.39 Å². The molecule has 1 saturated heterocycles. The van der Waals surface area contributed by atoms with E-state index in [-0.39, 0.29) is 6.04 Å². The van der Waals surface area contributed by atoms with Crippen LogP contribution in [0.4, 0.5) is 4.39 Å². The lowest BCUT2D eigenvalue weighted by molar-refractivity contribution is 0.263. The van der Waals surface area contributed by atoms with Crippen LogP contribution in [-0.4, -0.2) is 18.8 Å². The van der Waals surface area contributed by atoms with Crippen molar-refractivity contribution in [2.24, 2.45) is 0 Å². The minimum atomic E-state index is -0.746. The number of halogens is 1. The van der Waals surface area contributed by atoms with Gasteiger partial charge in [0, 0.05) is 12.5 Å². The highest BCUT2D eigenvalue weighted by Gasteiger charge is 2.24. The second-order valence-electron chi connectivity index (χ2n) is 4.84. The second-order valence-corrected chi connectivity index (χ2v) is 4.84. The van der Waals surface area contributed by atoms with Crippen molar-refractivity contribution in [3.05, 3.63) is 34.9 Å². The highest BCUT2D eigenvalue weighted by molar-refractivity contribution is 5.30. The second kappa shape index (κ2) is 4.96. The Morgan fingerprint density at radius 3 is 2.81 bits per heavy atom. The monoisotopic (exact) mass is 221 g/mol. The molecular weight excluding hydrogens is 201 g/mol. The van der Waals surface area contributed by atoms with E-state index >= 15 is 0 Å². The maximum atomic E-state index is 14.0. The first kappa shape index (κ1) is 11.6. The van der Waals surface area contributed by atoms with Gasteiger partial charge < -0.3 is 5.32 Å². The Morgan fingerprint density at radius 2 is 2.19 bits per heavy atom. The first-order valence-corrected chi connectivity index (χ1v) is 6.10. The van der Waals surface area contributed by atoms with Crippen LogP contribution in [0.15, 0.2) is 18.2 Å². The molecule has 1 heterocycles. The number of hydrogen-bond donors (Lipinski definition) is 1. The van der Waals surface area contributed by atoms with Crippen molar-refractivity contribution in [2.45, 2.75) is 45.3 Å².